The molecule has 3 aromatic carbocycles. The second kappa shape index (κ2) is 8.82. The van der Waals surface area contributed by atoms with E-state index in [1.807, 2.05) is 66.4 Å². The van der Waals surface area contributed by atoms with E-state index in [9.17, 15) is 9.59 Å². The number of nitrogens with zero attached hydrogens (tertiary/aromatic N) is 1. The highest BCUT2D eigenvalue weighted by atomic mass is 16.5. The average Bonchev–Trinajstić information content (AvgIpc) is 3.21. The maximum atomic E-state index is 12.8. The molecule has 0 fully saturated rings. The molecule has 30 heavy (non-hydrogen) atoms. The van der Waals surface area contributed by atoms with Gasteiger partial charge in [0.15, 0.2) is 0 Å². The van der Waals surface area contributed by atoms with Gasteiger partial charge >= 0.3 is 0 Å². The molecule has 2 amide bonds. The number of carbonyl (C=O) groups excluding carboxylic acids is 2. The Labute approximate surface area is 176 Å². The number of para-hydroxylation sites is 1. The number of carbonyl (C=O) groups is 2. The van der Waals surface area contributed by atoms with E-state index in [4.69, 9.17) is 4.74 Å². The zero-order chi connectivity index (χ0) is 20.9. The lowest BCUT2D eigenvalue weighted by molar-refractivity contribution is 0.0945. The molecule has 0 unspecified atom stereocenters. The van der Waals surface area contributed by atoms with Crippen LogP contribution in [-0.2, 0) is 13.0 Å². The SMILES string of the molecule is CCOc1ccccc1C(=O)NCc1ccc2c(c1)CCN2C(=O)c1ccccc1. The third kappa shape index (κ3) is 4.06. The Morgan fingerprint density at radius 2 is 1.77 bits per heavy atom. The first kappa shape index (κ1) is 19.7. The number of nitrogens with one attached hydrogen (secondary N) is 1. The van der Waals surface area contributed by atoms with Crippen LogP contribution in [-0.4, -0.2) is 25.0 Å². The van der Waals surface area contributed by atoms with E-state index in [1.165, 1.54) is 0 Å². The van der Waals surface area contributed by atoms with Gasteiger partial charge in [-0.05, 0) is 54.8 Å². The summed E-state index contributed by atoms with van der Waals surface area (Å²) in [6.07, 6.45) is 0.808. The van der Waals surface area contributed by atoms with Gasteiger partial charge in [0.1, 0.15) is 5.75 Å². The highest BCUT2D eigenvalue weighted by Gasteiger charge is 2.25. The summed E-state index contributed by atoms with van der Waals surface area (Å²) in [5.74, 6) is 0.435. The van der Waals surface area contributed by atoms with Gasteiger partial charge in [0.2, 0.25) is 0 Å². The van der Waals surface area contributed by atoms with Crippen molar-refractivity contribution in [3.8, 4) is 5.75 Å². The predicted molar refractivity (Wildman–Crippen MR) is 117 cm³/mol. The Hall–Kier alpha value is -3.60. The second-order valence-electron chi connectivity index (χ2n) is 7.15. The van der Waals surface area contributed by atoms with Crippen molar-refractivity contribution >= 4 is 17.5 Å². The summed E-state index contributed by atoms with van der Waals surface area (Å²) in [4.78, 5) is 27.2. The molecular weight excluding hydrogens is 376 g/mol. The van der Waals surface area contributed by atoms with E-state index < -0.39 is 0 Å². The predicted octanol–water partition coefficient (Wildman–Crippen LogP) is 4.22. The third-order valence-corrected chi connectivity index (χ3v) is 5.19. The molecule has 4 rings (SSSR count). The first-order chi connectivity index (χ1) is 14.7. The largest absolute Gasteiger partial charge is 0.493 e. The van der Waals surface area contributed by atoms with Gasteiger partial charge in [-0.25, -0.2) is 0 Å². The van der Waals surface area contributed by atoms with Crippen LogP contribution in [0.1, 0.15) is 38.8 Å². The topological polar surface area (TPSA) is 58.6 Å². The number of amides is 2. The molecule has 1 N–H and O–H groups in total. The summed E-state index contributed by atoms with van der Waals surface area (Å²) in [6, 6.07) is 22.6. The van der Waals surface area contributed by atoms with E-state index >= 15 is 0 Å². The molecule has 3 aromatic rings. The monoisotopic (exact) mass is 400 g/mol. The maximum Gasteiger partial charge on any atom is 0.258 e. The summed E-state index contributed by atoms with van der Waals surface area (Å²) in [7, 11) is 0. The molecule has 1 heterocycles. The number of hydrogen-bond acceptors (Lipinski definition) is 3. The number of hydrogen-bond donors (Lipinski definition) is 1. The highest BCUT2D eigenvalue weighted by Crippen LogP contribution is 2.30. The zero-order valence-corrected chi connectivity index (χ0v) is 16.9. The van der Waals surface area contributed by atoms with Gasteiger partial charge in [0.25, 0.3) is 11.8 Å². The van der Waals surface area contributed by atoms with Crippen LogP contribution in [0.4, 0.5) is 5.69 Å². The maximum absolute atomic E-state index is 12.8. The number of rotatable bonds is 6. The number of benzene rings is 3. The molecule has 0 bridgehead atoms. The van der Waals surface area contributed by atoms with Crippen molar-refractivity contribution in [2.45, 2.75) is 19.9 Å². The summed E-state index contributed by atoms with van der Waals surface area (Å²) in [6.45, 7) is 3.48. The molecule has 0 spiro atoms. The Morgan fingerprint density at radius 1 is 1.00 bits per heavy atom. The fraction of sp³-hybridized carbons (Fsp3) is 0.200. The highest BCUT2D eigenvalue weighted by molar-refractivity contribution is 6.07. The molecule has 0 saturated carbocycles. The Kier molecular flexibility index (Phi) is 5.80. The number of anilines is 1. The smallest absolute Gasteiger partial charge is 0.258 e. The van der Waals surface area contributed by atoms with Gasteiger partial charge < -0.3 is 15.0 Å². The second-order valence-corrected chi connectivity index (χ2v) is 7.15. The van der Waals surface area contributed by atoms with Crippen molar-refractivity contribution in [2.24, 2.45) is 0 Å². The Balaban J connectivity index is 1.44. The van der Waals surface area contributed by atoms with Crippen molar-refractivity contribution in [1.29, 1.82) is 0 Å². The summed E-state index contributed by atoms with van der Waals surface area (Å²) in [5.41, 5.74) is 4.29. The van der Waals surface area contributed by atoms with Crippen LogP contribution >= 0.6 is 0 Å². The molecule has 152 valence electrons. The van der Waals surface area contributed by atoms with Crippen LogP contribution in [0.5, 0.6) is 5.75 Å². The number of fused-ring (bicyclic) bond motifs is 1. The van der Waals surface area contributed by atoms with Crippen LogP contribution in [0, 0.1) is 0 Å². The van der Waals surface area contributed by atoms with Crippen molar-refractivity contribution in [3.63, 3.8) is 0 Å². The van der Waals surface area contributed by atoms with Crippen molar-refractivity contribution in [1.82, 2.24) is 5.32 Å². The van der Waals surface area contributed by atoms with E-state index in [1.54, 1.807) is 12.1 Å². The zero-order valence-electron chi connectivity index (χ0n) is 16.9. The minimum Gasteiger partial charge on any atom is -0.493 e. The summed E-state index contributed by atoms with van der Waals surface area (Å²) < 4.78 is 5.54. The molecule has 5 heteroatoms. The minimum atomic E-state index is -0.166. The molecule has 0 radical (unpaired) electrons. The first-order valence-electron chi connectivity index (χ1n) is 10.2. The molecule has 1 aliphatic rings. The standard InChI is InChI=1S/C25H24N2O3/c1-2-30-23-11-7-6-10-21(23)24(28)26-17-18-12-13-22-20(16-18)14-15-27(22)25(29)19-8-4-3-5-9-19/h3-13,16H,2,14-15,17H2,1H3,(H,26,28). The van der Waals surface area contributed by atoms with E-state index in [-0.39, 0.29) is 11.8 Å². The van der Waals surface area contributed by atoms with E-state index in [2.05, 4.69) is 11.4 Å². The minimum absolute atomic E-state index is 0.0166. The van der Waals surface area contributed by atoms with Crippen molar-refractivity contribution in [2.75, 3.05) is 18.1 Å². The van der Waals surface area contributed by atoms with Gasteiger partial charge in [-0.3, -0.25) is 9.59 Å². The van der Waals surface area contributed by atoms with Gasteiger partial charge in [0, 0.05) is 24.3 Å². The summed E-state index contributed by atoms with van der Waals surface area (Å²) in [5, 5.41) is 2.97. The van der Waals surface area contributed by atoms with E-state index in [0.717, 1.165) is 23.2 Å². The van der Waals surface area contributed by atoms with E-state index in [0.29, 0.717) is 36.6 Å². The van der Waals surface area contributed by atoms with Crippen LogP contribution < -0.4 is 15.0 Å². The van der Waals surface area contributed by atoms with Gasteiger partial charge in [-0.2, -0.15) is 0 Å². The lowest BCUT2D eigenvalue weighted by Gasteiger charge is -2.18. The van der Waals surface area contributed by atoms with Gasteiger partial charge in [-0.15, -0.1) is 0 Å². The normalized spacial score (nSPS) is 12.4. The summed E-state index contributed by atoms with van der Waals surface area (Å²) >= 11 is 0. The van der Waals surface area contributed by atoms with Crippen LogP contribution in [0.3, 0.4) is 0 Å². The Bertz CT molecular complexity index is 1060. The van der Waals surface area contributed by atoms with Crippen molar-refractivity contribution < 1.29 is 14.3 Å². The first-order valence-corrected chi connectivity index (χ1v) is 10.2. The fourth-order valence-corrected chi connectivity index (χ4v) is 3.73. The van der Waals surface area contributed by atoms with Crippen molar-refractivity contribution in [3.05, 3.63) is 95.1 Å². The molecule has 0 aliphatic carbocycles. The molecule has 0 aromatic heterocycles. The average molecular weight is 400 g/mol. The molecule has 1 aliphatic heterocycles. The lowest BCUT2D eigenvalue weighted by atomic mass is 10.1. The fourth-order valence-electron chi connectivity index (χ4n) is 3.73. The van der Waals surface area contributed by atoms with Gasteiger partial charge in [0.05, 0.1) is 12.2 Å². The van der Waals surface area contributed by atoms with Crippen LogP contribution in [0.2, 0.25) is 0 Å². The quantitative estimate of drug-likeness (QED) is 0.674. The van der Waals surface area contributed by atoms with Crippen LogP contribution in [0.25, 0.3) is 0 Å². The Morgan fingerprint density at radius 3 is 2.57 bits per heavy atom. The van der Waals surface area contributed by atoms with Gasteiger partial charge in [-0.1, -0.05) is 42.5 Å². The molecule has 0 atom stereocenters. The third-order valence-electron chi connectivity index (χ3n) is 5.19. The lowest BCUT2D eigenvalue weighted by Crippen LogP contribution is -2.28. The molecule has 5 nitrogen and oxygen atoms in total. The molecular formula is C25H24N2O3. The van der Waals surface area contributed by atoms with Crippen LogP contribution in [0.15, 0.2) is 72.8 Å². The number of ether oxygens (including phenoxy) is 1. The molecule has 0 saturated heterocycles.